The number of nitrogens with two attached hydrogens (primary N) is 2. The average molecular weight is 417 g/mol. The third-order valence-corrected chi connectivity index (χ3v) is 5.93. The van der Waals surface area contributed by atoms with Crippen LogP contribution in [0.1, 0.15) is 22.3 Å². The van der Waals surface area contributed by atoms with Crippen LogP contribution in [0, 0.1) is 0 Å². The molecule has 6 heteroatoms. The molecule has 0 saturated carbocycles. The number of amides is 2. The zero-order valence-electron chi connectivity index (χ0n) is 17.4. The van der Waals surface area contributed by atoms with Gasteiger partial charge in [0.25, 0.3) is 5.91 Å². The van der Waals surface area contributed by atoms with Gasteiger partial charge in [-0.25, -0.2) is 0 Å². The van der Waals surface area contributed by atoms with Gasteiger partial charge in [0.1, 0.15) is 0 Å². The molecule has 1 fully saturated rings. The van der Waals surface area contributed by atoms with E-state index < -0.39 is 6.04 Å². The van der Waals surface area contributed by atoms with E-state index in [2.05, 4.69) is 5.32 Å². The number of nitrogens with zero attached hydrogens (tertiary/aromatic N) is 1. The van der Waals surface area contributed by atoms with Gasteiger partial charge in [-0.2, -0.15) is 0 Å². The number of carbonyl (C=O) groups excluding carboxylic acids is 2. The minimum absolute atomic E-state index is 0.0634. The second kappa shape index (κ2) is 9.29. The van der Waals surface area contributed by atoms with Crippen molar-refractivity contribution < 1.29 is 9.59 Å². The molecule has 6 nitrogen and oxygen atoms in total. The molecule has 1 saturated heterocycles. The summed E-state index contributed by atoms with van der Waals surface area (Å²) in [5.74, 6) is -0.267. The average Bonchev–Trinajstić information content (AvgIpc) is 3.21. The van der Waals surface area contributed by atoms with Gasteiger partial charge in [-0.15, -0.1) is 0 Å². The number of likely N-dealkylation sites (tertiary alicyclic amines) is 1. The Hall–Kier alpha value is -3.22. The largest absolute Gasteiger partial charge is 0.350 e. The number of carbonyl (C=O) groups is 2. The first-order chi connectivity index (χ1) is 15.0. The fraction of sp³-hybridized carbons (Fsp3) is 0.280. The summed E-state index contributed by atoms with van der Waals surface area (Å²) in [5.41, 5.74) is 13.7. The van der Waals surface area contributed by atoms with Crippen molar-refractivity contribution in [1.29, 1.82) is 0 Å². The molecule has 0 aromatic heterocycles. The number of benzene rings is 3. The van der Waals surface area contributed by atoms with E-state index in [0.717, 1.165) is 16.3 Å². The van der Waals surface area contributed by atoms with Gasteiger partial charge in [-0.05, 0) is 41.3 Å². The third-order valence-electron chi connectivity index (χ3n) is 5.93. The molecule has 31 heavy (non-hydrogen) atoms. The summed E-state index contributed by atoms with van der Waals surface area (Å²) in [5, 5.41) is 5.13. The fourth-order valence-corrected chi connectivity index (χ4v) is 4.25. The van der Waals surface area contributed by atoms with E-state index in [4.69, 9.17) is 11.5 Å². The van der Waals surface area contributed by atoms with Crippen molar-refractivity contribution in [2.24, 2.45) is 11.5 Å². The lowest BCUT2D eigenvalue weighted by atomic mass is 10.1. The van der Waals surface area contributed by atoms with Gasteiger partial charge >= 0.3 is 0 Å². The lowest BCUT2D eigenvalue weighted by Gasteiger charge is -2.23. The van der Waals surface area contributed by atoms with Crippen LogP contribution in [0.5, 0.6) is 0 Å². The molecule has 3 atom stereocenters. The Kier molecular flexibility index (Phi) is 6.30. The first-order valence-corrected chi connectivity index (χ1v) is 10.6. The van der Waals surface area contributed by atoms with Crippen molar-refractivity contribution in [3.05, 3.63) is 83.9 Å². The Bertz CT molecular complexity index is 1070. The maximum absolute atomic E-state index is 13.2. The van der Waals surface area contributed by atoms with Gasteiger partial charge < -0.3 is 21.7 Å². The lowest BCUT2D eigenvalue weighted by Crippen LogP contribution is -2.47. The second-order valence-corrected chi connectivity index (χ2v) is 8.15. The van der Waals surface area contributed by atoms with E-state index in [1.165, 1.54) is 0 Å². The summed E-state index contributed by atoms with van der Waals surface area (Å²) in [6.45, 7) is 0.777. The number of hydrogen-bond donors (Lipinski definition) is 3. The molecule has 5 N–H and O–H groups in total. The van der Waals surface area contributed by atoms with Crippen LogP contribution in [0.15, 0.2) is 72.8 Å². The van der Waals surface area contributed by atoms with Crippen molar-refractivity contribution in [3.8, 4) is 0 Å². The van der Waals surface area contributed by atoms with E-state index in [0.29, 0.717) is 31.5 Å². The van der Waals surface area contributed by atoms with Crippen LogP contribution in [-0.2, 0) is 11.2 Å². The zero-order valence-corrected chi connectivity index (χ0v) is 17.4. The van der Waals surface area contributed by atoms with Gasteiger partial charge in [0.15, 0.2) is 0 Å². The highest BCUT2D eigenvalue weighted by Crippen LogP contribution is 2.23. The first kappa shape index (κ1) is 21.0. The molecule has 1 heterocycles. The molecular weight excluding hydrogens is 388 g/mol. The van der Waals surface area contributed by atoms with E-state index in [-0.39, 0.29) is 23.9 Å². The van der Waals surface area contributed by atoms with Gasteiger partial charge in [-0.3, -0.25) is 9.59 Å². The Balaban J connectivity index is 1.41. The quantitative estimate of drug-likeness (QED) is 0.572. The highest BCUT2D eigenvalue weighted by Gasteiger charge is 2.36. The molecule has 3 aromatic rings. The molecule has 0 bridgehead atoms. The summed E-state index contributed by atoms with van der Waals surface area (Å²) < 4.78 is 0. The molecule has 0 aliphatic carbocycles. The van der Waals surface area contributed by atoms with Gasteiger partial charge in [0.05, 0.1) is 6.04 Å². The Morgan fingerprint density at radius 1 is 1.00 bits per heavy atom. The number of hydrogen-bond acceptors (Lipinski definition) is 4. The maximum Gasteiger partial charge on any atom is 0.254 e. The number of rotatable bonds is 6. The standard InChI is InChI=1S/C25H28N4O2/c26-15-22-14-21(28-24(30)23(27)12-17-6-2-1-3-7-17)16-29(22)25(31)20-11-10-18-8-4-5-9-19(18)13-20/h1-11,13,21-23H,12,14-16,26-27H2,(H,28,30)/t21-,22-,23-/m0/s1. The molecule has 2 amide bonds. The molecular formula is C25H28N4O2. The fourth-order valence-electron chi connectivity index (χ4n) is 4.25. The van der Waals surface area contributed by atoms with Crippen molar-refractivity contribution in [1.82, 2.24) is 10.2 Å². The molecule has 160 valence electrons. The lowest BCUT2D eigenvalue weighted by molar-refractivity contribution is -0.123. The summed E-state index contributed by atoms with van der Waals surface area (Å²) in [6, 6.07) is 22.5. The Labute approximate surface area is 182 Å². The minimum atomic E-state index is -0.635. The SMILES string of the molecule is NC[C@@H]1C[C@H](NC(=O)[C@@H](N)Cc2ccccc2)CN1C(=O)c1ccc2ccccc2c1. The smallest absolute Gasteiger partial charge is 0.254 e. The molecule has 1 aliphatic rings. The third kappa shape index (κ3) is 4.76. The van der Waals surface area contributed by atoms with Crippen LogP contribution in [0.25, 0.3) is 10.8 Å². The summed E-state index contributed by atoms with van der Waals surface area (Å²) in [7, 11) is 0. The Morgan fingerprint density at radius 2 is 1.71 bits per heavy atom. The van der Waals surface area contributed by atoms with Crippen LogP contribution in [-0.4, -0.2) is 47.9 Å². The molecule has 0 spiro atoms. The normalized spacial score (nSPS) is 19.4. The van der Waals surface area contributed by atoms with Crippen LogP contribution in [0.3, 0.4) is 0 Å². The number of nitrogens with one attached hydrogen (secondary N) is 1. The molecule has 1 aliphatic heterocycles. The van der Waals surface area contributed by atoms with Gasteiger partial charge in [0, 0.05) is 30.7 Å². The van der Waals surface area contributed by atoms with Crippen LogP contribution in [0.2, 0.25) is 0 Å². The number of fused-ring (bicyclic) bond motifs is 1. The summed E-state index contributed by atoms with van der Waals surface area (Å²) >= 11 is 0. The minimum Gasteiger partial charge on any atom is -0.350 e. The van der Waals surface area contributed by atoms with Crippen LogP contribution in [0.4, 0.5) is 0 Å². The highest BCUT2D eigenvalue weighted by molar-refractivity contribution is 5.99. The maximum atomic E-state index is 13.2. The molecule has 4 rings (SSSR count). The summed E-state index contributed by atoms with van der Waals surface area (Å²) in [4.78, 5) is 27.6. The highest BCUT2D eigenvalue weighted by atomic mass is 16.2. The van der Waals surface area contributed by atoms with Crippen LogP contribution >= 0.6 is 0 Å². The molecule has 3 aromatic carbocycles. The van der Waals surface area contributed by atoms with E-state index in [9.17, 15) is 9.59 Å². The second-order valence-electron chi connectivity index (χ2n) is 8.15. The predicted octanol–water partition coefficient (Wildman–Crippen LogP) is 2.07. The van der Waals surface area contributed by atoms with Crippen molar-refractivity contribution in [2.45, 2.75) is 31.0 Å². The van der Waals surface area contributed by atoms with E-state index in [1.54, 1.807) is 4.90 Å². The summed E-state index contributed by atoms with van der Waals surface area (Å²) in [6.07, 6.45) is 1.10. The van der Waals surface area contributed by atoms with Gasteiger partial charge in [-0.1, -0.05) is 60.7 Å². The van der Waals surface area contributed by atoms with Crippen molar-refractivity contribution >= 4 is 22.6 Å². The van der Waals surface area contributed by atoms with Crippen LogP contribution < -0.4 is 16.8 Å². The Morgan fingerprint density at radius 3 is 2.45 bits per heavy atom. The van der Waals surface area contributed by atoms with Crippen molar-refractivity contribution in [3.63, 3.8) is 0 Å². The van der Waals surface area contributed by atoms with E-state index >= 15 is 0 Å². The molecule has 0 radical (unpaired) electrons. The zero-order chi connectivity index (χ0) is 21.8. The van der Waals surface area contributed by atoms with Gasteiger partial charge in [0.2, 0.25) is 5.91 Å². The molecule has 0 unspecified atom stereocenters. The van der Waals surface area contributed by atoms with E-state index in [1.807, 2.05) is 72.8 Å². The predicted molar refractivity (Wildman–Crippen MR) is 122 cm³/mol. The monoisotopic (exact) mass is 416 g/mol. The topological polar surface area (TPSA) is 101 Å². The first-order valence-electron chi connectivity index (χ1n) is 10.6. The van der Waals surface area contributed by atoms with Crippen molar-refractivity contribution in [2.75, 3.05) is 13.1 Å².